The van der Waals surface area contributed by atoms with Gasteiger partial charge in [0.15, 0.2) is 11.6 Å². The fraction of sp³-hybridized carbons (Fsp3) is 0.222. The van der Waals surface area contributed by atoms with E-state index in [1.807, 2.05) is 11.0 Å². The van der Waals surface area contributed by atoms with Crippen molar-refractivity contribution in [3.8, 4) is 16.9 Å². The van der Waals surface area contributed by atoms with Crippen molar-refractivity contribution in [3.63, 3.8) is 0 Å². The summed E-state index contributed by atoms with van der Waals surface area (Å²) < 4.78 is 11.3. The number of ether oxygens (including phenoxy) is 2. The molecule has 1 unspecified atom stereocenters. The first-order chi connectivity index (χ1) is 18.7. The van der Waals surface area contributed by atoms with Crippen molar-refractivity contribution in [2.75, 3.05) is 32.0 Å². The summed E-state index contributed by atoms with van der Waals surface area (Å²) in [5.74, 6) is -1.33. The third-order valence-corrected chi connectivity index (χ3v) is 7.36. The Labute approximate surface area is 233 Å². The Morgan fingerprint density at radius 3 is 2.51 bits per heavy atom. The van der Waals surface area contributed by atoms with Crippen LogP contribution in [0.5, 0.6) is 5.75 Å². The van der Waals surface area contributed by atoms with Crippen LogP contribution in [0.2, 0.25) is 10.0 Å². The predicted octanol–water partition coefficient (Wildman–Crippen LogP) is 4.25. The number of nitrogen functional groups attached to an aromatic ring is 1. The third kappa shape index (κ3) is 5.37. The molecule has 0 bridgehead atoms. The number of aromatic nitrogens is 2. The molecule has 0 saturated carbocycles. The highest BCUT2D eigenvalue weighted by molar-refractivity contribution is 6.35. The Morgan fingerprint density at radius 1 is 1.13 bits per heavy atom. The van der Waals surface area contributed by atoms with Crippen LogP contribution in [0.15, 0.2) is 48.7 Å². The number of carbonyl (C=O) groups is 2. The van der Waals surface area contributed by atoms with Gasteiger partial charge in [-0.2, -0.15) is 0 Å². The van der Waals surface area contributed by atoms with E-state index in [1.165, 1.54) is 0 Å². The lowest BCUT2D eigenvalue weighted by molar-refractivity contribution is -0.125. The van der Waals surface area contributed by atoms with E-state index in [1.54, 1.807) is 42.6 Å². The number of benzene rings is 2. The van der Waals surface area contributed by atoms with Crippen molar-refractivity contribution in [3.05, 3.63) is 75.5 Å². The normalized spacial score (nSPS) is 14.8. The number of carboxylic acids is 1. The molecule has 0 radical (unpaired) electrons. The van der Waals surface area contributed by atoms with Crippen LogP contribution in [0.3, 0.4) is 0 Å². The van der Waals surface area contributed by atoms with Gasteiger partial charge < -0.3 is 31.0 Å². The summed E-state index contributed by atoms with van der Waals surface area (Å²) in [6.45, 7) is 1.79. The first-order valence-corrected chi connectivity index (χ1v) is 12.8. The molecule has 10 nitrogen and oxygen atoms in total. The van der Waals surface area contributed by atoms with Gasteiger partial charge in [-0.05, 0) is 35.9 Å². The van der Waals surface area contributed by atoms with Crippen LogP contribution in [0.1, 0.15) is 27.7 Å². The lowest BCUT2D eigenvalue weighted by Gasteiger charge is -2.32. The second kappa shape index (κ2) is 11.1. The molecule has 1 atom stereocenters. The van der Waals surface area contributed by atoms with E-state index in [0.29, 0.717) is 75.3 Å². The van der Waals surface area contributed by atoms with Crippen molar-refractivity contribution in [2.45, 2.75) is 12.6 Å². The van der Waals surface area contributed by atoms with Gasteiger partial charge in [0, 0.05) is 56.9 Å². The van der Waals surface area contributed by atoms with Gasteiger partial charge in [0.25, 0.3) is 0 Å². The lowest BCUT2D eigenvalue weighted by Crippen LogP contribution is -2.44. The Morgan fingerprint density at radius 2 is 1.85 bits per heavy atom. The number of amides is 1. The highest BCUT2D eigenvalue weighted by Gasteiger charge is 2.34. The molecule has 3 heterocycles. The van der Waals surface area contributed by atoms with Crippen LogP contribution in [0.4, 0.5) is 5.82 Å². The van der Waals surface area contributed by atoms with Gasteiger partial charge in [-0.3, -0.25) is 9.69 Å². The molecule has 0 aliphatic carbocycles. The molecule has 39 heavy (non-hydrogen) atoms. The number of nitrogens with zero attached hydrogens (tertiary/aromatic N) is 2. The van der Waals surface area contributed by atoms with Gasteiger partial charge >= 0.3 is 5.97 Å². The number of hydrogen-bond donors (Lipinski definition) is 4. The molecule has 1 saturated heterocycles. The van der Waals surface area contributed by atoms with E-state index in [2.05, 4.69) is 9.97 Å². The number of rotatable bonds is 8. The number of nitrogens with two attached hydrogens (primary N) is 2. The minimum Gasteiger partial charge on any atom is -0.485 e. The summed E-state index contributed by atoms with van der Waals surface area (Å²) >= 11 is 12.5. The Kier molecular flexibility index (Phi) is 7.62. The van der Waals surface area contributed by atoms with Crippen molar-refractivity contribution in [2.24, 2.45) is 5.73 Å². The van der Waals surface area contributed by atoms with Gasteiger partial charge in [0.1, 0.15) is 18.3 Å². The molecule has 5 rings (SSSR count). The number of nitrogens with one attached hydrogen (secondary N) is 1. The Balaban J connectivity index is 1.55. The van der Waals surface area contributed by atoms with Gasteiger partial charge in [0.2, 0.25) is 5.91 Å². The number of aromatic carboxylic acids is 1. The summed E-state index contributed by atoms with van der Waals surface area (Å²) in [5, 5.41) is 11.4. The lowest BCUT2D eigenvalue weighted by atomic mass is 9.97. The fourth-order valence-electron chi connectivity index (χ4n) is 4.73. The maximum Gasteiger partial charge on any atom is 0.352 e. The standard InChI is InChI=1S/C27H25Cl2N5O5/c28-18-2-1-3-19(29)17(18)13-39-21-11-15(12-32-25(21)30)14-4-5-20-16(10-14)22(23(33-20)27(36)37)24(26(31)35)34-6-8-38-9-7-34/h1-5,10-12,24,33H,6-9,13H2,(H2,30,32)(H2,31,35)(H,36,37). The zero-order valence-corrected chi connectivity index (χ0v) is 22.1. The zero-order valence-electron chi connectivity index (χ0n) is 20.6. The molecular formula is C27H25Cl2N5O5. The first kappa shape index (κ1) is 26.8. The molecule has 202 valence electrons. The molecule has 0 spiro atoms. The number of morpholine rings is 1. The molecule has 1 amide bonds. The summed E-state index contributed by atoms with van der Waals surface area (Å²) in [4.78, 5) is 33.9. The number of fused-ring (bicyclic) bond motifs is 1. The van der Waals surface area contributed by atoms with Crippen LogP contribution in [0.25, 0.3) is 22.0 Å². The van der Waals surface area contributed by atoms with E-state index in [4.69, 9.17) is 44.1 Å². The number of pyridine rings is 1. The van der Waals surface area contributed by atoms with Gasteiger partial charge in [-0.1, -0.05) is 35.3 Å². The van der Waals surface area contributed by atoms with Crippen LogP contribution in [-0.4, -0.2) is 58.2 Å². The number of primary amides is 1. The molecule has 2 aromatic carbocycles. The molecule has 4 aromatic rings. The highest BCUT2D eigenvalue weighted by atomic mass is 35.5. The van der Waals surface area contributed by atoms with Gasteiger partial charge in [-0.15, -0.1) is 0 Å². The second-order valence-corrected chi connectivity index (χ2v) is 9.84. The topological polar surface area (TPSA) is 157 Å². The predicted molar refractivity (Wildman–Crippen MR) is 148 cm³/mol. The van der Waals surface area contributed by atoms with Crippen LogP contribution in [-0.2, 0) is 16.1 Å². The number of aromatic amines is 1. The highest BCUT2D eigenvalue weighted by Crippen LogP contribution is 2.36. The minimum atomic E-state index is -1.19. The Hall–Kier alpha value is -3.83. The average Bonchev–Trinajstić information content (AvgIpc) is 3.29. The van der Waals surface area contributed by atoms with Crippen molar-refractivity contribution < 1.29 is 24.2 Å². The van der Waals surface area contributed by atoms with Gasteiger partial charge in [-0.25, -0.2) is 9.78 Å². The monoisotopic (exact) mass is 569 g/mol. The zero-order chi connectivity index (χ0) is 27.7. The summed E-state index contributed by atoms with van der Waals surface area (Å²) in [5.41, 5.74) is 14.7. The van der Waals surface area contributed by atoms with Crippen molar-refractivity contribution >= 4 is 51.8 Å². The van der Waals surface area contributed by atoms with Crippen molar-refractivity contribution in [1.82, 2.24) is 14.9 Å². The summed E-state index contributed by atoms with van der Waals surface area (Å²) in [6.07, 6.45) is 1.59. The smallest absolute Gasteiger partial charge is 0.352 e. The average molecular weight is 570 g/mol. The molecule has 1 aliphatic rings. The molecule has 6 N–H and O–H groups in total. The van der Waals surface area contributed by atoms with Crippen LogP contribution in [0, 0.1) is 0 Å². The quantitative estimate of drug-likeness (QED) is 0.245. The van der Waals surface area contributed by atoms with Crippen LogP contribution >= 0.6 is 23.2 Å². The first-order valence-electron chi connectivity index (χ1n) is 12.1. The summed E-state index contributed by atoms with van der Waals surface area (Å²) in [6, 6.07) is 11.3. The van der Waals surface area contributed by atoms with E-state index in [0.717, 1.165) is 0 Å². The van der Waals surface area contributed by atoms with Gasteiger partial charge in [0.05, 0.1) is 13.2 Å². The number of carbonyl (C=O) groups excluding carboxylic acids is 1. The largest absolute Gasteiger partial charge is 0.485 e. The molecule has 1 fully saturated rings. The number of halogens is 2. The fourth-order valence-corrected chi connectivity index (χ4v) is 5.24. The maximum atomic E-state index is 12.7. The van der Waals surface area contributed by atoms with E-state index >= 15 is 0 Å². The number of H-pyrrole nitrogens is 1. The molecule has 12 heteroatoms. The third-order valence-electron chi connectivity index (χ3n) is 6.66. The van der Waals surface area contributed by atoms with E-state index in [-0.39, 0.29) is 18.1 Å². The maximum absolute atomic E-state index is 12.7. The van der Waals surface area contributed by atoms with E-state index < -0.39 is 17.9 Å². The summed E-state index contributed by atoms with van der Waals surface area (Å²) in [7, 11) is 0. The second-order valence-electron chi connectivity index (χ2n) is 9.03. The number of carboxylic acid groups (broad SMARTS) is 1. The van der Waals surface area contributed by atoms with Crippen molar-refractivity contribution in [1.29, 1.82) is 0 Å². The van der Waals surface area contributed by atoms with E-state index in [9.17, 15) is 14.7 Å². The number of anilines is 1. The van der Waals surface area contributed by atoms with Crippen LogP contribution < -0.4 is 16.2 Å². The minimum absolute atomic E-state index is 0.0800. The number of hydrogen-bond acceptors (Lipinski definition) is 7. The Bertz CT molecular complexity index is 1550. The molecule has 1 aliphatic heterocycles. The molecular weight excluding hydrogens is 545 g/mol. The molecule has 2 aromatic heterocycles. The SMILES string of the molecule is NC(=O)C(c1c(C(=O)O)[nH]c2ccc(-c3cnc(N)c(OCc4c(Cl)cccc4Cl)c3)cc12)N1CCOCC1.